The third-order valence-electron chi connectivity index (χ3n) is 12.3. The molecule has 2 N–H and O–H groups in total. The summed E-state index contributed by atoms with van der Waals surface area (Å²) < 4.78 is 66.0. The van der Waals surface area contributed by atoms with Crippen molar-refractivity contribution in [2.24, 2.45) is 0 Å². The lowest BCUT2D eigenvalue weighted by Gasteiger charge is -2.40. The number of hydrogen-bond acceptors (Lipinski definition) is 15. The third-order valence-corrected chi connectivity index (χ3v) is 13.8. The Balaban J connectivity index is 1.13. The molecule has 2 unspecified atom stereocenters. The molecule has 17 nitrogen and oxygen atoms in total. The SMILES string of the molecule is CS(=O)(=O)Cn1nc(-c2coc3ccccc23)c2cnc(C(C(=O)C(c3cc4c(cn3)c(-c3coc5ccccc35)nn4CS(C)(=O)=O)N3CCC(O)CC3)N3CCC(O)CC3)cc21. The van der Waals surface area contributed by atoms with Crippen molar-refractivity contribution in [2.75, 3.05) is 38.7 Å². The summed E-state index contributed by atoms with van der Waals surface area (Å²) in [6, 6.07) is 16.4. The van der Waals surface area contributed by atoms with Gasteiger partial charge in [-0.25, -0.2) is 26.2 Å². The number of carbonyl (C=O) groups excluding carboxylic acids is 1. The quantitative estimate of drug-likeness (QED) is 0.160. The Bertz CT molecular complexity index is 3090. The summed E-state index contributed by atoms with van der Waals surface area (Å²) in [4.78, 5) is 29.7. The molecule has 2 aliphatic heterocycles. The molecule has 0 saturated carbocycles. The highest BCUT2D eigenvalue weighted by Gasteiger charge is 2.41. The van der Waals surface area contributed by atoms with Crippen molar-refractivity contribution in [3.63, 3.8) is 0 Å². The first-order valence-electron chi connectivity index (χ1n) is 21.1. The number of pyridine rings is 2. The van der Waals surface area contributed by atoms with Crippen LogP contribution in [0.4, 0.5) is 0 Å². The summed E-state index contributed by atoms with van der Waals surface area (Å²) >= 11 is 0. The van der Waals surface area contributed by atoms with Gasteiger partial charge in [0.1, 0.15) is 58.9 Å². The van der Waals surface area contributed by atoms with Crippen molar-refractivity contribution in [1.29, 1.82) is 0 Å². The summed E-state index contributed by atoms with van der Waals surface area (Å²) in [5.41, 5.74) is 5.15. The average molecular weight is 907 g/mol. The van der Waals surface area contributed by atoms with Crippen LogP contribution in [0.25, 0.3) is 66.3 Å². The number of carbonyl (C=O) groups is 1. The van der Waals surface area contributed by atoms with Gasteiger partial charge in [0.15, 0.2) is 25.5 Å². The first kappa shape index (κ1) is 42.1. The number of furan rings is 2. The van der Waals surface area contributed by atoms with Gasteiger partial charge in [0.25, 0.3) is 0 Å². The lowest BCUT2D eigenvalue weighted by molar-refractivity contribution is -0.132. The summed E-state index contributed by atoms with van der Waals surface area (Å²) in [5.74, 6) is -1.15. The Morgan fingerprint density at radius 1 is 0.641 bits per heavy atom. The maximum Gasteiger partial charge on any atom is 0.179 e. The molecule has 19 heteroatoms. The van der Waals surface area contributed by atoms with E-state index in [0.717, 1.165) is 23.3 Å². The fraction of sp³-hybridized carbons (Fsp3) is 0.356. The van der Waals surface area contributed by atoms with E-state index in [-0.39, 0.29) is 5.78 Å². The van der Waals surface area contributed by atoms with Crippen LogP contribution in [-0.4, -0.2) is 123 Å². The van der Waals surface area contributed by atoms with E-state index in [1.54, 1.807) is 37.1 Å². The fourth-order valence-electron chi connectivity index (χ4n) is 9.29. The molecule has 8 aromatic rings. The topological polar surface area (TPSA) is 220 Å². The van der Waals surface area contributed by atoms with Crippen LogP contribution in [0.1, 0.15) is 49.2 Å². The number of aliphatic hydroxyl groups is 2. The van der Waals surface area contributed by atoms with Crippen LogP contribution in [-0.2, 0) is 36.2 Å². The molecule has 0 aliphatic carbocycles. The molecule has 64 heavy (non-hydrogen) atoms. The summed E-state index contributed by atoms with van der Waals surface area (Å²) in [6.45, 7) is 1.47. The maximum atomic E-state index is 15.8. The van der Waals surface area contributed by atoms with E-state index in [9.17, 15) is 27.0 Å². The number of ketones is 1. The molecule has 2 fully saturated rings. The van der Waals surface area contributed by atoms with E-state index < -0.39 is 55.7 Å². The predicted molar refractivity (Wildman–Crippen MR) is 239 cm³/mol. The molecule has 2 aliphatic rings. The van der Waals surface area contributed by atoms with Gasteiger partial charge < -0.3 is 19.0 Å². The van der Waals surface area contributed by atoms with E-state index in [2.05, 4.69) is 0 Å². The number of fused-ring (bicyclic) bond motifs is 4. The van der Waals surface area contributed by atoms with E-state index >= 15 is 4.79 Å². The van der Waals surface area contributed by atoms with E-state index in [0.29, 0.717) is 119 Å². The summed E-state index contributed by atoms with van der Waals surface area (Å²) in [7, 11) is -7.20. The number of rotatable bonds is 12. The molecular weight excluding hydrogens is 861 g/mol. The van der Waals surface area contributed by atoms with Gasteiger partial charge in [-0.05, 0) is 49.9 Å². The van der Waals surface area contributed by atoms with Gasteiger partial charge in [0.2, 0.25) is 0 Å². The molecule has 332 valence electrons. The first-order valence-corrected chi connectivity index (χ1v) is 25.2. The normalized spacial score (nSPS) is 17.6. The number of Topliss-reactive ketones (excluding diaryl/α,β-unsaturated/α-hetero) is 1. The Kier molecular flexibility index (Phi) is 10.7. The highest BCUT2D eigenvalue weighted by atomic mass is 32.2. The summed E-state index contributed by atoms with van der Waals surface area (Å²) in [5, 5.41) is 33.6. The molecule has 2 atom stereocenters. The average Bonchev–Trinajstić information content (AvgIpc) is 4.05. The zero-order valence-corrected chi connectivity index (χ0v) is 36.7. The molecule has 0 radical (unpaired) electrons. The van der Waals surface area contributed by atoms with Gasteiger partial charge in [-0.15, -0.1) is 0 Å². The zero-order chi connectivity index (χ0) is 44.5. The standard InChI is InChI=1S/C45H46N8O9S2/c1-63(57,58)25-52-37-19-35(46-21-31(37)41(48-52)33-23-61-39-9-5-3-7-29(33)39)43(50-15-11-27(54)12-16-50)45(56)44(51-17-13-28(55)14-18-51)36-20-38-32(22-47-36)42(49-53(38)26-64(2,59)60)34-24-62-40-10-6-4-8-30(34)40/h3-10,19-24,27-28,43-44,54-55H,11-18,25-26H2,1-2H3. The van der Waals surface area contributed by atoms with Crippen molar-refractivity contribution >= 4 is 69.2 Å². The number of aliphatic hydroxyl groups excluding tert-OH is 2. The van der Waals surface area contributed by atoms with Crippen LogP contribution in [0.5, 0.6) is 0 Å². The maximum absolute atomic E-state index is 15.8. The van der Waals surface area contributed by atoms with Gasteiger partial charge in [0.05, 0.1) is 34.6 Å². The zero-order valence-electron chi connectivity index (χ0n) is 35.1. The minimum atomic E-state index is -3.60. The van der Waals surface area contributed by atoms with Gasteiger partial charge in [-0.1, -0.05) is 36.4 Å². The van der Waals surface area contributed by atoms with Crippen molar-refractivity contribution < 1.29 is 40.7 Å². The van der Waals surface area contributed by atoms with Gasteiger partial charge in [-0.3, -0.25) is 24.6 Å². The minimum Gasteiger partial charge on any atom is -0.464 e. The van der Waals surface area contributed by atoms with Gasteiger partial charge in [0, 0.05) is 83.8 Å². The monoisotopic (exact) mass is 906 g/mol. The van der Waals surface area contributed by atoms with Crippen LogP contribution < -0.4 is 0 Å². The number of benzene rings is 2. The van der Waals surface area contributed by atoms with Crippen LogP contribution in [0.15, 0.2) is 94.4 Å². The highest BCUT2D eigenvalue weighted by molar-refractivity contribution is 7.89. The molecule has 0 spiro atoms. The number of para-hydroxylation sites is 2. The number of hydrogen-bond donors (Lipinski definition) is 2. The molecule has 8 heterocycles. The smallest absolute Gasteiger partial charge is 0.179 e. The number of aromatic nitrogens is 6. The Morgan fingerprint density at radius 3 is 1.42 bits per heavy atom. The van der Waals surface area contributed by atoms with Crippen molar-refractivity contribution in [2.45, 2.75) is 61.7 Å². The predicted octanol–water partition coefficient (Wildman–Crippen LogP) is 5.27. The van der Waals surface area contributed by atoms with Crippen LogP contribution in [0.2, 0.25) is 0 Å². The fourth-order valence-corrected chi connectivity index (χ4v) is 10.6. The molecule has 0 amide bonds. The number of piperidine rings is 2. The largest absolute Gasteiger partial charge is 0.464 e. The number of nitrogens with zero attached hydrogens (tertiary/aromatic N) is 8. The molecule has 0 bridgehead atoms. The van der Waals surface area contributed by atoms with Crippen LogP contribution >= 0.6 is 0 Å². The van der Waals surface area contributed by atoms with E-state index in [1.807, 2.05) is 58.3 Å². The van der Waals surface area contributed by atoms with Crippen molar-refractivity contribution in [1.82, 2.24) is 39.3 Å². The van der Waals surface area contributed by atoms with E-state index in [4.69, 9.17) is 29.0 Å². The van der Waals surface area contributed by atoms with Gasteiger partial charge in [-0.2, -0.15) is 10.2 Å². The van der Waals surface area contributed by atoms with Crippen molar-refractivity contribution in [3.05, 3.63) is 97.0 Å². The highest BCUT2D eigenvalue weighted by Crippen LogP contribution is 2.40. The second-order valence-electron chi connectivity index (χ2n) is 17.1. The lowest BCUT2D eigenvalue weighted by Crippen LogP contribution is -2.48. The second kappa shape index (κ2) is 16.3. The van der Waals surface area contributed by atoms with Crippen LogP contribution in [0, 0.1) is 0 Å². The lowest BCUT2D eigenvalue weighted by atomic mass is 9.92. The molecule has 10 rings (SSSR count). The minimum absolute atomic E-state index is 0.281. The molecule has 2 saturated heterocycles. The number of sulfone groups is 2. The Hall–Kier alpha value is -5.83. The van der Waals surface area contributed by atoms with Gasteiger partial charge >= 0.3 is 0 Å². The first-order chi connectivity index (χ1) is 30.7. The molecular formula is C45H46N8O9S2. The van der Waals surface area contributed by atoms with Crippen molar-refractivity contribution in [3.8, 4) is 22.5 Å². The molecule has 6 aromatic heterocycles. The third kappa shape index (κ3) is 8.00. The summed E-state index contributed by atoms with van der Waals surface area (Å²) in [6.07, 6.45) is 9.23. The van der Waals surface area contributed by atoms with E-state index in [1.165, 1.54) is 9.36 Å². The second-order valence-corrected chi connectivity index (χ2v) is 21.3. The Labute approximate surface area is 367 Å². The number of likely N-dealkylation sites (tertiary alicyclic amines) is 2. The van der Waals surface area contributed by atoms with Crippen LogP contribution in [0.3, 0.4) is 0 Å². The Morgan fingerprint density at radius 2 is 1.03 bits per heavy atom. The molecule has 2 aromatic carbocycles.